The molecule has 19 heteroatoms. The summed E-state index contributed by atoms with van der Waals surface area (Å²) in [6, 6.07) is 0. The number of phosphoric acid groups is 2. The lowest BCUT2D eigenvalue weighted by molar-refractivity contribution is -0.161. The highest BCUT2D eigenvalue weighted by molar-refractivity contribution is 7.47. The van der Waals surface area contributed by atoms with E-state index in [-0.39, 0.29) is 25.7 Å². The lowest BCUT2D eigenvalue weighted by Gasteiger charge is -2.21. The number of carbonyl (C=O) groups excluding carboxylic acids is 4. The van der Waals surface area contributed by atoms with Gasteiger partial charge in [-0.05, 0) is 49.4 Å². The first kappa shape index (κ1) is 86.1. The number of hydrogen-bond donors (Lipinski definition) is 3. The van der Waals surface area contributed by atoms with E-state index in [9.17, 15) is 43.2 Å². The minimum atomic E-state index is -4.95. The quantitative estimate of drug-likeness (QED) is 0.0222. The Morgan fingerprint density at radius 3 is 0.807 bits per heavy atom. The van der Waals surface area contributed by atoms with Gasteiger partial charge in [0.1, 0.15) is 19.3 Å². The normalized spacial score (nSPS) is 14.9. The topological polar surface area (TPSA) is 237 Å². The highest BCUT2D eigenvalue weighted by atomic mass is 31.2. The lowest BCUT2D eigenvalue weighted by Crippen LogP contribution is -2.30. The van der Waals surface area contributed by atoms with Crippen LogP contribution in [0.25, 0.3) is 0 Å². The molecule has 0 saturated carbocycles. The third kappa shape index (κ3) is 60.3. The number of hydrogen-bond acceptors (Lipinski definition) is 15. The molecule has 4 unspecified atom stereocenters. The Hall–Kier alpha value is -1.94. The Kier molecular flexibility index (Phi) is 57.6. The summed E-state index contributed by atoms with van der Waals surface area (Å²) in [6.07, 6.45) is 40.3. The Balaban J connectivity index is 5.27. The van der Waals surface area contributed by atoms with Gasteiger partial charge in [-0.15, -0.1) is 0 Å². The van der Waals surface area contributed by atoms with Crippen LogP contribution in [0.15, 0.2) is 0 Å². The number of unbranched alkanes of at least 4 members (excludes halogenated alkanes) is 30. The molecular formula is C69H134O17P2. The molecule has 0 aromatic carbocycles. The van der Waals surface area contributed by atoms with Crippen molar-refractivity contribution in [2.75, 3.05) is 39.6 Å². The second kappa shape index (κ2) is 58.8. The molecule has 88 heavy (non-hydrogen) atoms. The van der Waals surface area contributed by atoms with Gasteiger partial charge in [-0.3, -0.25) is 37.3 Å². The van der Waals surface area contributed by atoms with Crippen molar-refractivity contribution in [3.63, 3.8) is 0 Å². The van der Waals surface area contributed by atoms with Gasteiger partial charge in [0.2, 0.25) is 0 Å². The summed E-state index contributed by atoms with van der Waals surface area (Å²) in [4.78, 5) is 72.5. The molecule has 0 spiro atoms. The number of esters is 4. The fourth-order valence-electron chi connectivity index (χ4n) is 10.2. The SMILES string of the molecule is CCC(C)CCCCCCCCCCCCC(=O)O[C@H](COC(=O)CCCCCCCCCCCCC(C)C)COP(=O)(O)OC[C@@H](O)COP(=O)(O)OC[C@@H](COC(=O)CCCCCCCCC(C)C)OC(=O)CCCCCCCCCCC(C)CC. The van der Waals surface area contributed by atoms with Crippen LogP contribution in [0.5, 0.6) is 0 Å². The van der Waals surface area contributed by atoms with Crippen LogP contribution in [0.4, 0.5) is 0 Å². The monoisotopic (exact) mass is 1300 g/mol. The van der Waals surface area contributed by atoms with Gasteiger partial charge in [0.15, 0.2) is 12.2 Å². The van der Waals surface area contributed by atoms with Crippen molar-refractivity contribution in [1.29, 1.82) is 0 Å². The average Bonchev–Trinajstić information content (AvgIpc) is 3.71. The second-order valence-corrected chi connectivity index (χ2v) is 29.3. The fourth-order valence-corrected chi connectivity index (χ4v) is 11.8. The zero-order valence-electron chi connectivity index (χ0n) is 57.3. The molecule has 0 heterocycles. The van der Waals surface area contributed by atoms with Gasteiger partial charge in [0.05, 0.1) is 26.4 Å². The smallest absolute Gasteiger partial charge is 0.462 e. The van der Waals surface area contributed by atoms with E-state index in [1.165, 1.54) is 135 Å². The zero-order chi connectivity index (χ0) is 65.4. The highest BCUT2D eigenvalue weighted by Crippen LogP contribution is 2.45. The van der Waals surface area contributed by atoms with E-state index < -0.39 is 97.5 Å². The van der Waals surface area contributed by atoms with Gasteiger partial charge >= 0.3 is 39.5 Å². The molecule has 0 aliphatic rings. The van der Waals surface area contributed by atoms with Crippen molar-refractivity contribution in [2.24, 2.45) is 23.7 Å². The predicted molar refractivity (Wildman–Crippen MR) is 354 cm³/mol. The third-order valence-electron chi connectivity index (χ3n) is 16.5. The van der Waals surface area contributed by atoms with Gasteiger partial charge in [-0.1, -0.05) is 287 Å². The lowest BCUT2D eigenvalue weighted by atomic mass is 9.99. The summed E-state index contributed by atoms with van der Waals surface area (Å²) >= 11 is 0. The number of rotatable bonds is 66. The van der Waals surface area contributed by atoms with Gasteiger partial charge in [0, 0.05) is 25.7 Å². The summed E-state index contributed by atoms with van der Waals surface area (Å²) in [5.74, 6) is 0.877. The molecular weight excluding hydrogens is 1160 g/mol. The second-order valence-electron chi connectivity index (χ2n) is 26.4. The summed E-state index contributed by atoms with van der Waals surface area (Å²) in [7, 11) is -9.90. The van der Waals surface area contributed by atoms with Crippen LogP contribution in [0, 0.1) is 23.7 Å². The van der Waals surface area contributed by atoms with Crippen LogP contribution >= 0.6 is 15.6 Å². The minimum Gasteiger partial charge on any atom is -0.462 e. The Morgan fingerprint density at radius 1 is 0.318 bits per heavy atom. The summed E-state index contributed by atoms with van der Waals surface area (Å²) in [5.41, 5.74) is 0. The molecule has 0 aromatic rings. The van der Waals surface area contributed by atoms with Crippen molar-refractivity contribution >= 4 is 39.5 Å². The first-order valence-corrected chi connectivity index (χ1v) is 38.8. The molecule has 7 atom stereocenters. The summed E-state index contributed by atoms with van der Waals surface area (Å²) in [5, 5.41) is 10.6. The zero-order valence-corrected chi connectivity index (χ0v) is 59.1. The van der Waals surface area contributed by atoms with E-state index in [2.05, 4.69) is 55.4 Å². The Morgan fingerprint density at radius 2 is 0.545 bits per heavy atom. The molecule has 0 aromatic heterocycles. The third-order valence-corrected chi connectivity index (χ3v) is 18.4. The van der Waals surface area contributed by atoms with E-state index in [0.717, 1.165) is 114 Å². The van der Waals surface area contributed by atoms with Gasteiger partial charge in [-0.2, -0.15) is 0 Å². The molecule has 0 aliphatic carbocycles. The van der Waals surface area contributed by atoms with Crippen molar-refractivity contribution in [1.82, 2.24) is 0 Å². The predicted octanol–water partition coefficient (Wildman–Crippen LogP) is 19.3. The average molecular weight is 1300 g/mol. The van der Waals surface area contributed by atoms with Crippen molar-refractivity contribution in [3.8, 4) is 0 Å². The van der Waals surface area contributed by atoms with Crippen LogP contribution in [-0.4, -0.2) is 96.7 Å². The maximum absolute atomic E-state index is 13.0. The molecule has 522 valence electrons. The summed E-state index contributed by atoms with van der Waals surface area (Å²) in [6.45, 7) is 14.1. The molecule has 17 nitrogen and oxygen atoms in total. The molecule has 0 bridgehead atoms. The van der Waals surface area contributed by atoms with Gasteiger partial charge < -0.3 is 33.8 Å². The maximum atomic E-state index is 13.0. The first-order chi connectivity index (χ1) is 42.2. The minimum absolute atomic E-state index is 0.103. The molecule has 0 radical (unpaired) electrons. The van der Waals surface area contributed by atoms with E-state index >= 15 is 0 Å². The van der Waals surface area contributed by atoms with Crippen LogP contribution < -0.4 is 0 Å². The van der Waals surface area contributed by atoms with E-state index in [4.69, 9.17) is 37.0 Å². The van der Waals surface area contributed by atoms with Crippen molar-refractivity contribution in [2.45, 2.75) is 356 Å². The van der Waals surface area contributed by atoms with E-state index in [1.54, 1.807) is 0 Å². The van der Waals surface area contributed by atoms with E-state index in [0.29, 0.717) is 31.6 Å². The molecule has 0 amide bonds. The molecule has 0 fully saturated rings. The Labute approximate surface area is 537 Å². The van der Waals surface area contributed by atoms with Crippen molar-refractivity contribution in [3.05, 3.63) is 0 Å². The van der Waals surface area contributed by atoms with Crippen LogP contribution in [0.1, 0.15) is 338 Å². The number of aliphatic hydroxyl groups excluding tert-OH is 1. The highest BCUT2D eigenvalue weighted by Gasteiger charge is 2.30. The van der Waals surface area contributed by atoms with Crippen LogP contribution in [0.3, 0.4) is 0 Å². The molecule has 0 saturated heterocycles. The largest absolute Gasteiger partial charge is 0.472 e. The molecule has 0 rings (SSSR count). The molecule has 0 aliphatic heterocycles. The number of carbonyl (C=O) groups is 4. The Bertz CT molecular complexity index is 1750. The number of phosphoric ester groups is 2. The number of ether oxygens (including phenoxy) is 4. The van der Waals surface area contributed by atoms with Gasteiger partial charge in [-0.25, -0.2) is 9.13 Å². The van der Waals surface area contributed by atoms with E-state index in [1.807, 2.05) is 0 Å². The standard InChI is InChI=1S/C69H134O17P2/c1-9-61(7)47-39-31-22-16-12-14-18-25-35-43-51-68(73)85-64(55-79-66(71)49-41-33-24-17-13-11-15-21-29-37-45-59(3)4)57-83-87(75,76)81-53-63(70)54-82-88(77,78)84-58-65(56-80-67(72)50-42-34-28-27-30-38-46-60(5)6)86-69(74)52-44-36-26-20-19-23-32-40-48-62(8)10-2/h59-65,70H,9-58H2,1-8H3,(H,75,76)(H,77,78)/t61?,62?,63-,64-,65-/m1/s1. The van der Waals surface area contributed by atoms with Gasteiger partial charge in [0.25, 0.3) is 0 Å². The van der Waals surface area contributed by atoms with Crippen LogP contribution in [-0.2, 0) is 65.4 Å². The van der Waals surface area contributed by atoms with Crippen LogP contribution in [0.2, 0.25) is 0 Å². The fraction of sp³-hybridized carbons (Fsp3) is 0.942. The van der Waals surface area contributed by atoms with Crippen molar-refractivity contribution < 1.29 is 80.2 Å². The molecule has 3 N–H and O–H groups in total. The summed E-state index contributed by atoms with van der Waals surface area (Å²) < 4.78 is 68.2. The maximum Gasteiger partial charge on any atom is 0.472 e. The number of aliphatic hydroxyl groups is 1. The first-order valence-electron chi connectivity index (χ1n) is 35.8.